The van der Waals surface area contributed by atoms with E-state index in [-0.39, 0.29) is 18.9 Å². The molecule has 0 spiro atoms. The van der Waals surface area contributed by atoms with E-state index < -0.39 is 23.8 Å². The second-order valence-electron chi connectivity index (χ2n) is 10.5. The third-order valence-corrected chi connectivity index (χ3v) is 8.11. The van der Waals surface area contributed by atoms with Crippen molar-refractivity contribution in [2.45, 2.75) is 44.8 Å². The van der Waals surface area contributed by atoms with E-state index in [1.807, 2.05) is 0 Å². The Morgan fingerprint density at radius 1 is 0.955 bits per heavy atom. The molecule has 1 unspecified atom stereocenters. The molecular weight excluding hydrogens is 650 g/mol. The van der Waals surface area contributed by atoms with Gasteiger partial charge in [-0.2, -0.15) is 10.2 Å². The van der Waals surface area contributed by atoms with Crippen molar-refractivity contribution < 1.29 is 19.6 Å². The summed E-state index contributed by atoms with van der Waals surface area (Å²) in [6.45, 7) is 3.77. The van der Waals surface area contributed by atoms with Crippen LogP contribution in [0.3, 0.4) is 0 Å². The van der Waals surface area contributed by atoms with Crippen LogP contribution in [0.15, 0.2) is 71.8 Å². The zero-order valence-electron chi connectivity index (χ0n) is 23.8. The Bertz CT molecular complexity index is 1540. The second-order valence-corrected chi connectivity index (χ2v) is 12.2. The summed E-state index contributed by atoms with van der Waals surface area (Å²) in [5.41, 5.74) is 2.87. The highest BCUT2D eigenvalue weighted by atomic mass is 35.5. The van der Waals surface area contributed by atoms with Gasteiger partial charge in [-0.15, -0.1) is 0 Å². The Morgan fingerprint density at radius 3 is 2.20 bits per heavy atom. The third kappa shape index (κ3) is 7.94. The topological polar surface area (TPSA) is 118 Å². The Balaban J connectivity index is 1.42. The fourth-order valence-corrected chi connectivity index (χ4v) is 5.51. The Hall–Kier alpha value is -3.54. The maximum Gasteiger partial charge on any atom is 0.347 e. The van der Waals surface area contributed by atoms with E-state index in [1.54, 1.807) is 85.5 Å². The van der Waals surface area contributed by atoms with Gasteiger partial charge in [0.25, 0.3) is 0 Å². The number of carbonyl (C=O) groups excluding carboxylic acids is 3. The van der Waals surface area contributed by atoms with E-state index in [4.69, 9.17) is 46.4 Å². The first kappa shape index (κ1) is 33.4. The molecule has 14 heteroatoms. The molecule has 0 bridgehead atoms. The number of hydroxylamine groups is 2. The number of urea groups is 2. The molecule has 0 radical (unpaired) electrons. The molecule has 3 aromatic rings. The molecule has 232 valence electrons. The van der Waals surface area contributed by atoms with Crippen molar-refractivity contribution in [2.24, 2.45) is 5.10 Å². The second kappa shape index (κ2) is 14.5. The third-order valence-electron chi connectivity index (χ3n) is 7.04. The van der Waals surface area contributed by atoms with Gasteiger partial charge < -0.3 is 10.2 Å². The Kier molecular flexibility index (Phi) is 11.0. The highest BCUT2D eigenvalue weighted by Crippen LogP contribution is 2.38. The monoisotopic (exact) mass is 678 g/mol. The lowest BCUT2D eigenvalue weighted by atomic mass is 9.99. The number of hydrogen-bond donors (Lipinski definition) is 3. The summed E-state index contributed by atoms with van der Waals surface area (Å²) in [6, 6.07) is 16.6. The van der Waals surface area contributed by atoms with Crippen LogP contribution in [-0.4, -0.2) is 57.6 Å². The van der Waals surface area contributed by atoms with Crippen molar-refractivity contribution in [3.05, 3.63) is 92.4 Å². The van der Waals surface area contributed by atoms with Gasteiger partial charge >= 0.3 is 12.1 Å². The van der Waals surface area contributed by atoms with E-state index in [9.17, 15) is 19.6 Å². The molecule has 1 fully saturated rings. The molecule has 1 aliphatic heterocycles. The number of hydrogen-bond acceptors (Lipinski definition) is 5. The molecule has 3 N–H and O–H groups in total. The summed E-state index contributed by atoms with van der Waals surface area (Å²) in [5, 5.41) is 20.1. The number of benzene rings is 3. The molecule has 10 nitrogen and oxygen atoms in total. The number of carbonyl (C=O) groups is 3. The van der Waals surface area contributed by atoms with Crippen molar-refractivity contribution in [1.29, 1.82) is 0 Å². The highest BCUT2D eigenvalue weighted by molar-refractivity contribution is 6.36. The largest absolute Gasteiger partial charge is 0.347 e. The number of anilines is 2. The van der Waals surface area contributed by atoms with Crippen LogP contribution in [-0.2, 0) is 4.79 Å². The molecule has 1 atom stereocenters. The van der Waals surface area contributed by atoms with Crippen LogP contribution < -0.4 is 15.6 Å². The summed E-state index contributed by atoms with van der Waals surface area (Å²) in [6.07, 6.45) is 1.40. The molecule has 1 aliphatic rings. The summed E-state index contributed by atoms with van der Waals surface area (Å²) in [7, 11) is 0. The first-order chi connectivity index (χ1) is 20.9. The molecule has 0 aliphatic carbocycles. The van der Waals surface area contributed by atoms with Crippen LogP contribution in [0, 0.1) is 0 Å². The van der Waals surface area contributed by atoms with Crippen molar-refractivity contribution in [3.63, 3.8) is 0 Å². The highest BCUT2D eigenvalue weighted by Gasteiger charge is 2.55. The van der Waals surface area contributed by atoms with Gasteiger partial charge in [-0.1, -0.05) is 52.5 Å². The molecular formula is C30H30Cl4N6O4. The zero-order valence-corrected chi connectivity index (χ0v) is 26.8. The lowest BCUT2D eigenvalue weighted by molar-refractivity contribution is -0.121. The Labute approximate surface area is 275 Å². The number of halogens is 4. The average molecular weight is 680 g/mol. The minimum absolute atomic E-state index is 0.161. The Morgan fingerprint density at radius 2 is 1.57 bits per heavy atom. The molecule has 44 heavy (non-hydrogen) atoms. The number of nitrogens with one attached hydrogen (secondary N) is 2. The average Bonchev–Trinajstić information content (AvgIpc) is 3.17. The van der Waals surface area contributed by atoms with E-state index in [2.05, 4.69) is 15.8 Å². The zero-order chi connectivity index (χ0) is 32.0. The molecule has 4 rings (SSSR count). The van der Waals surface area contributed by atoms with Gasteiger partial charge in [0, 0.05) is 45.0 Å². The number of rotatable bonds is 10. The van der Waals surface area contributed by atoms with E-state index in [0.29, 0.717) is 54.9 Å². The number of unbranched alkanes of at least 4 members (excludes halogenated alkanes) is 1. The quantitative estimate of drug-likeness (QED) is 0.0874. The van der Waals surface area contributed by atoms with Gasteiger partial charge in [-0.25, -0.2) is 15.0 Å². The molecule has 1 saturated heterocycles. The van der Waals surface area contributed by atoms with Crippen molar-refractivity contribution >= 4 is 82.0 Å². The maximum absolute atomic E-state index is 13.8. The lowest BCUT2D eigenvalue weighted by Gasteiger charge is -2.38. The van der Waals surface area contributed by atoms with Gasteiger partial charge in [0.1, 0.15) is 0 Å². The lowest BCUT2D eigenvalue weighted by Crippen LogP contribution is -2.58. The molecule has 3 aromatic carbocycles. The number of amides is 5. The van der Waals surface area contributed by atoms with E-state index >= 15 is 0 Å². The normalized spacial score (nSPS) is 16.0. The van der Waals surface area contributed by atoms with Crippen molar-refractivity contribution in [2.75, 3.05) is 16.8 Å². The molecule has 0 saturated carbocycles. The van der Waals surface area contributed by atoms with Crippen LogP contribution in [0.5, 0.6) is 0 Å². The fourth-order valence-electron chi connectivity index (χ4n) is 4.80. The van der Waals surface area contributed by atoms with E-state index in [1.165, 1.54) is 11.1 Å². The van der Waals surface area contributed by atoms with Gasteiger partial charge in [0.2, 0.25) is 5.91 Å². The van der Waals surface area contributed by atoms with Gasteiger partial charge in [-0.05, 0) is 87.4 Å². The minimum Gasteiger partial charge on any atom is -0.315 e. The SMILES string of the molecule is CC1(C)C(N(O)C(=O)Nc2ccc(Cl)cc2)N(c2ccc(Cl)cc2)C(=O)N1CCCCC(=O)NN=Cc1ccc(Cl)cc1Cl. The van der Waals surface area contributed by atoms with Gasteiger partial charge in [-0.3, -0.25) is 14.9 Å². The summed E-state index contributed by atoms with van der Waals surface area (Å²) in [4.78, 5) is 42.2. The smallest absolute Gasteiger partial charge is 0.315 e. The first-order valence-electron chi connectivity index (χ1n) is 13.6. The van der Waals surface area contributed by atoms with Crippen LogP contribution in [0.2, 0.25) is 20.1 Å². The van der Waals surface area contributed by atoms with Crippen LogP contribution in [0.25, 0.3) is 0 Å². The van der Waals surface area contributed by atoms with Crippen LogP contribution in [0.4, 0.5) is 21.0 Å². The van der Waals surface area contributed by atoms with Crippen LogP contribution >= 0.6 is 46.4 Å². The van der Waals surface area contributed by atoms with Crippen LogP contribution in [0.1, 0.15) is 38.7 Å². The van der Waals surface area contributed by atoms with E-state index in [0.717, 1.165) is 0 Å². The fraction of sp³-hybridized carbons (Fsp3) is 0.267. The molecule has 5 amide bonds. The molecule has 0 aromatic heterocycles. The number of nitrogens with zero attached hydrogens (tertiary/aromatic N) is 4. The summed E-state index contributed by atoms with van der Waals surface area (Å²) >= 11 is 24.0. The predicted molar refractivity (Wildman–Crippen MR) is 174 cm³/mol. The van der Waals surface area contributed by atoms with Crippen molar-refractivity contribution in [3.8, 4) is 0 Å². The van der Waals surface area contributed by atoms with Gasteiger partial charge in [0.15, 0.2) is 6.17 Å². The van der Waals surface area contributed by atoms with Gasteiger partial charge in [0.05, 0.1) is 16.8 Å². The summed E-state index contributed by atoms with van der Waals surface area (Å²) < 4.78 is 0. The standard InChI is InChI=1S/C30H30Cl4N6O4/c1-30(2)27(40(44)28(42)36-23-12-8-20(31)9-13-23)39(24-14-10-21(32)11-15-24)29(43)38(30)16-4-3-5-26(41)37-35-18-19-6-7-22(33)17-25(19)34/h6-15,17-18,27,44H,3-5,16H2,1-2H3,(H,36,42)(H,37,41). The predicted octanol–water partition coefficient (Wildman–Crippen LogP) is 7.89. The number of hydrazone groups is 1. The first-order valence-corrected chi connectivity index (χ1v) is 15.1. The minimum atomic E-state index is -1.11. The summed E-state index contributed by atoms with van der Waals surface area (Å²) in [5.74, 6) is -0.306. The van der Waals surface area contributed by atoms with Crippen molar-refractivity contribution in [1.82, 2.24) is 15.4 Å². The molecule has 1 heterocycles. The maximum atomic E-state index is 13.8.